The van der Waals surface area contributed by atoms with Gasteiger partial charge < -0.3 is 15.5 Å². The summed E-state index contributed by atoms with van der Waals surface area (Å²) >= 11 is 3.30. The smallest absolute Gasteiger partial charge is 0.192 e. The molecule has 1 unspecified atom stereocenters. The Morgan fingerprint density at radius 3 is 2.50 bits per heavy atom. The van der Waals surface area contributed by atoms with Gasteiger partial charge in [-0.05, 0) is 53.1 Å². The van der Waals surface area contributed by atoms with Crippen molar-refractivity contribution in [1.29, 1.82) is 0 Å². The van der Waals surface area contributed by atoms with Crippen LogP contribution in [0.5, 0.6) is 0 Å². The zero-order chi connectivity index (χ0) is 15.6. The van der Waals surface area contributed by atoms with E-state index < -0.39 is 8.32 Å². The average molecular weight is 360 g/mol. The van der Waals surface area contributed by atoms with Crippen LogP contribution in [0.1, 0.15) is 27.7 Å². The van der Waals surface area contributed by atoms with Crippen molar-refractivity contribution in [2.24, 2.45) is 0 Å². The summed E-state index contributed by atoms with van der Waals surface area (Å²) in [5.74, 6) is 0.499. The highest BCUT2D eigenvalue weighted by atomic mass is 79.9. The van der Waals surface area contributed by atoms with Crippen molar-refractivity contribution in [2.45, 2.75) is 51.9 Å². The van der Waals surface area contributed by atoms with Crippen LogP contribution >= 0.6 is 15.9 Å². The lowest BCUT2D eigenvalue weighted by Crippen LogP contribution is -2.43. The van der Waals surface area contributed by atoms with Crippen LogP contribution in [0.3, 0.4) is 0 Å². The van der Waals surface area contributed by atoms with Gasteiger partial charge in [0.1, 0.15) is 10.4 Å². The number of hydrogen-bond acceptors (Lipinski definition) is 4. The molecule has 0 aliphatic rings. The van der Waals surface area contributed by atoms with Gasteiger partial charge in [0.2, 0.25) is 0 Å². The maximum absolute atomic E-state index is 6.20. The average Bonchev–Trinajstić information content (AvgIpc) is 2.29. The van der Waals surface area contributed by atoms with E-state index in [2.05, 4.69) is 67.0 Å². The number of rotatable bonds is 5. The first-order valence-corrected chi connectivity index (χ1v) is 10.6. The number of halogens is 1. The summed E-state index contributed by atoms with van der Waals surface area (Å²) in [6, 6.07) is 3.99. The number of nitrogens with two attached hydrogens (primary N) is 1. The van der Waals surface area contributed by atoms with Crippen molar-refractivity contribution in [3.63, 3.8) is 0 Å². The quantitative estimate of drug-likeness (QED) is 0.609. The van der Waals surface area contributed by atoms with Crippen LogP contribution in [0.4, 0.5) is 11.5 Å². The van der Waals surface area contributed by atoms with Crippen molar-refractivity contribution in [3.8, 4) is 0 Å². The van der Waals surface area contributed by atoms with E-state index in [1.807, 2.05) is 12.1 Å². The summed E-state index contributed by atoms with van der Waals surface area (Å²) < 4.78 is 6.94. The van der Waals surface area contributed by atoms with Gasteiger partial charge in [-0.15, -0.1) is 0 Å². The number of pyridine rings is 1. The summed E-state index contributed by atoms with van der Waals surface area (Å²) in [5, 5.41) is 3.58. The predicted molar refractivity (Wildman–Crippen MR) is 92.6 cm³/mol. The molecule has 4 nitrogen and oxygen atoms in total. The molecule has 6 heteroatoms. The van der Waals surface area contributed by atoms with Gasteiger partial charge >= 0.3 is 0 Å². The van der Waals surface area contributed by atoms with Crippen LogP contribution < -0.4 is 11.1 Å². The molecular weight excluding hydrogens is 334 g/mol. The number of nitrogen functional groups attached to an aromatic ring is 1. The fourth-order valence-corrected chi connectivity index (χ4v) is 2.85. The molecule has 1 aromatic rings. The zero-order valence-electron chi connectivity index (χ0n) is 13.2. The van der Waals surface area contributed by atoms with Gasteiger partial charge in [0.15, 0.2) is 8.32 Å². The summed E-state index contributed by atoms with van der Waals surface area (Å²) in [6.07, 6.45) is 0. The Morgan fingerprint density at radius 1 is 1.40 bits per heavy atom. The molecule has 1 atom stereocenters. The molecule has 0 radical (unpaired) electrons. The van der Waals surface area contributed by atoms with Crippen LogP contribution in [-0.4, -0.2) is 26.0 Å². The van der Waals surface area contributed by atoms with Crippen molar-refractivity contribution < 1.29 is 4.43 Å². The van der Waals surface area contributed by atoms with E-state index in [4.69, 9.17) is 10.2 Å². The van der Waals surface area contributed by atoms with Gasteiger partial charge in [-0.3, -0.25) is 0 Å². The van der Waals surface area contributed by atoms with Gasteiger partial charge in [0, 0.05) is 6.04 Å². The number of nitrogens with one attached hydrogen (secondary N) is 1. The van der Waals surface area contributed by atoms with Crippen LogP contribution in [0.15, 0.2) is 16.7 Å². The number of nitrogens with zero attached hydrogens (tertiary/aromatic N) is 1. The Hall–Kier alpha value is -0.593. The first-order valence-electron chi connectivity index (χ1n) is 6.85. The van der Waals surface area contributed by atoms with Gasteiger partial charge in [-0.2, -0.15) is 0 Å². The van der Waals surface area contributed by atoms with E-state index in [1.165, 1.54) is 0 Å². The third-order valence-electron chi connectivity index (χ3n) is 3.79. The van der Waals surface area contributed by atoms with E-state index in [1.54, 1.807) is 0 Å². The van der Waals surface area contributed by atoms with Crippen LogP contribution in [0, 0.1) is 0 Å². The van der Waals surface area contributed by atoms with E-state index in [-0.39, 0.29) is 11.1 Å². The van der Waals surface area contributed by atoms with Gasteiger partial charge in [0.25, 0.3) is 0 Å². The van der Waals surface area contributed by atoms with Crippen LogP contribution in [0.25, 0.3) is 0 Å². The molecule has 0 aliphatic heterocycles. The lowest BCUT2D eigenvalue weighted by molar-refractivity contribution is 0.276. The normalized spacial score (nSPS) is 14.2. The molecule has 114 valence electrons. The Morgan fingerprint density at radius 2 is 2.00 bits per heavy atom. The van der Waals surface area contributed by atoms with Crippen molar-refractivity contribution in [3.05, 3.63) is 16.7 Å². The molecule has 3 N–H and O–H groups in total. The molecule has 0 aromatic carbocycles. The fraction of sp³-hybridized carbons (Fsp3) is 0.643. The van der Waals surface area contributed by atoms with E-state index in [0.29, 0.717) is 12.4 Å². The Balaban J connectivity index is 2.58. The van der Waals surface area contributed by atoms with Gasteiger partial charge in [-0.1, -0.05) is 20.8 Å². The molecule has 1 rings (SSSR count). The monoisotopic (exact) mass is 359 g/mol. The molecule has 0 saturated carbocycles. The summed E-state index contributed by atoms with van der Waals surface area (Å²) in [6.45, 7) is 14.0. The first-order chi connectivity index (χ1) is 9.03. The molecule has 1 aromatic heterocycles. The Labute approximate surface area is 131 Å². The number of aromatic nitrogens is 1. The second-order valence-electron chi connectivity index (χ2n) is 6.68. The minimum Gasteiger partial charge on any atom is -0.415 e. The van der Waals surface area contributed by atoms with Gasteiger partial charge in [-0.25, -0.2) is 4.98 Å². The Bertz CT molecular complexity index is 460. The maximum atomic E-state index is 6.20. The molecule has 20 heavy (non-hydrogen) atoms. The largest absolute Gasteiger partial charge is 0.415 e. The molecule has 0 fully saturated rings. The molecule has 1 heterocycles. The highest BCUT2D eigenvalue weighted by molar-refractivity contribution is 9.10. The third kappa shape index (κ3) is 4.75. The standard InChI is InChI=1S/C14H26BrN3OSi/c1-10(9-19-20(5,6)14(2,3)4)17-11-7-8-12(15)18-13(11)16/h7-8,10,17H,9H2,1-6H3,(H2,16,18). The topological polar surface area (TPSA) is 60.2 Å². The maximum Gasteiger partial charge on any atom is 0.192 e. The van der Waals surface area contributed by atoms with Crippen LogP contribution in [0.2, 0.25) is 18.1 Å². The molecule has 0 saturated heterocycles. The molecule has 0 aliphatic carbocycles. The summed E-state index contributed by atoms with van der Waals surface area (Å²) in [4.78, 5) is 4.17. The second kappa shape index (κ2) is 6.45. The fourth-order valence-electron chi connectivity index (χ4n) is 1.43. The minimum absolute atomic E-state index is 0.189. The van der Waals surface area contributed by atoms with Crippen LogP contribution in [-0.2, 0) is 4.43 Å². The van der Waals surface area contributed by atoms with E-state index in [0.717, 1.165) is 10.3 Å². The zero-order valence-corrected chi connectivity index (χ0v) is 15.8. The minimum atomic E-state index is -1.70. The van der Waals surface area contributed by atoms with Gasteiger partial charge in [0.05, 0.1) is 12.3 Å². The highest BCUT2D eigenvalue weighted by Gasteiger charge is 2.37. The number of hydrogen-bond donors (Lipinski definition) is 2. The predicted octanol–water partition coefficient (Wildman–Crippen LogP) is 4.25. The highest BCUT2D eigenvalue weighted by Crippen LogP contribution is 2.36. The molecule has 0 amide bonds. The summed E-state index contributed by atoms with van der Waals surface area (Å²) in [5.41, 5.74) is 6.73. The van der Waals surface area contributed by atoms with Crippen molar-refractivity contribution in [2.75, 3.05) is 17.7 Å². The lowest BCUT2D eigenvalue weighted by Gasteiger charge is -2.37. The van der Waals surface area contributed by atoms with Crippen molar-refractivity contribution in [1.82, 2.24) is 4.98 Å². The molecular formula is C14H26BrN3OSi. The SMILES string of the molecule is CC(CO[Si](C)(C)C(C)(C)C)Nc1ccc(Br)nc1N. The molecule has 0 spiro atoms. The first kappa shape index (κ1) is 17.5. The third-order valence-corrected chi connectivity index (χ3v) is 8.74. The second-order valence-corrected chi connectivity index (χ2v) is 12.3. The lowest BCUT2D eigenvalue weighted by atomic mass is 10.2. The Kier molecular flexibility index (Phi) is 5.63. The van der Waals surface area contributed by atoms with E-state index in [9.17, 15) is 0 Å². The van der Waals surface area contributed by atoms with E-state index >= 15 is 0 Å². The summed E-state index contributed by atoms with van der Waals surface area (Å²) in [7, 11) is -1.70. The van der Waals surface area contributed by atoms with Crippen molar-refractivity contribution >= 4 is 35.8 Å². The molecule has 0 bridgehead atoms. The number of anilines is 2.